The average Bonchev–Trinajstić information content (AvgIpc) is 2.71. The first-order valence-corrected chi connectivity index (χ1v) is 5.82. The summed E-state index contributed by atoms with van der Waals surface area (Å²) in [6.07, 6.45) is 4.00. The van der Waals surface area contributed by atoms with Gasteiger partial charge in [0.25, 0.3) is 0 Å². The maximum absolute atomic E-state index is 5.53. The molecule has 72 valence electrons. The molecule has 0 radical (unpaired) electrons. The number of hydrogen-bond donors (Lipinski definition) is 1. The van der Waals surface area contributed by atoms with Crippen molar-refractivity contribution in [3.05, 3.63) is 16.1 Å². The zero-order valence-electron chi connectivity index (χ0n) is 7.99. The molecule has 2 atom stereocenters. The lowest BCUT2D eigenvalue weighted by molar-refractivity contribution is 0.595. The molecule has 1 aliphatic rings. The molecule has 2 N–H and O–H groups in total. The number of thiazole rings is 1. The van der Waals surface area contributed by atoms with E-state index in [4.69, 9.17) is 5.73 Å². The van der Waals surface area contributed by atoms with E-state index < -0.39 is 0 Å². The first-order chi connectivity index (χ1) is 6.29. The minimum atomic E-state index is 0.582. The van der Waals surface area contributed by atoms with Crippen LogP contribution in [0.1, 0.15) is 42.8 Å². The van der Waals surface area contributed by atoms with Crippen LogP contribution in [0.5, 0.6) is 0 Å². The molecule has 0 aliphatic heterocycles. The monoisotopic (exact) mass is 196 g/mol. The van der Waals surface area contributed by atoms with Crippen LogP contribution < -0.4 is 5.73 Å². The van der Waals surface area contributed by atoms with E-state index in [2.05, 4.69) is 17.3 Å². The molecule has 1 fully saturated rings. The Balaban J connectivity index is 2.08. The van der Waals surface area contributed by atoms with E-state index in [9.17, 15) is 0 Å². The molecule has 1 saturated carbocycles. The van der Waals surface area contributed by atoms with Crippen LogP contribution in [0.25, 0.3) is 0 Å². The van der Waals surface area contributed by atoms with E-state index in [1.807, 2.05) is 0 Å². The van der Waals surface area contributed by atoms with Crippen molar-refractivity contribution in [1.29, 1.82) is 0 Å². The van der Waals surface area contributed by atoms with E-state index in [-0.39, 0.29) is 0 Å². The Morgan fingerprint density at radius 3 is 3.00 bits per heavy atom. The Morgan fingerprint density at radius 2 is 2.46 bits per heavy atom. The van der Waals surface area contributed by atoms with Crippen molar-refractivity contribution in [2.45, 2.75) is 38.6 Å². The van der Waals surface area contributed by atoms with Crippen LogP contribution in [0.4, 0.5) is 0 Å². The van der Waals surface area contributed by atoms with Crippen molar-refractivity contribution >= 4 is 11.3 Å². The Labute approximate surface area is 83.2 Å². The van der Waals surface area contributed by atoms with Gasteiger partial charge in [0.05, 0.1) is 10.7 Å². The van der Waals surface area contributed by atoms with Crippen molar-refractivity contribution in [3.63, 3.8) is 0 Å². The van der Waals surface area contributed by atoms with E-state index in [0.717, 1.165) is 17.5 Å². The fourth-order valence-electron chi connectivity index (χ4n) is 2.04. The SMILES string of the molecule is CC1CCC(c2nc(CN)cs2)C1. The third-order valence-electron chi connectivity index (χ3n) is 2.82. The molecule has 13 heavy (non-hydrogen) atoms. The lowest BCUT2D eigenvalue weighted by Gasteiger charge is -2.03. The van der Waals surface area contributed by atoms with Gasteiger partial charge < -0.3 is 5.73 Å². The third kappa shape index (κ3) is 1.92. The van der Waals surface area contributed by atoms with E-state index in [0.29, 0.717) is 6.54 Å². The zero-order chi connectivity index (χ0) is 9.26. The van der Waals surface area contributed by atoms with Crippen molar-refractivity contribution < 1.29 is 0 Å². The molecule has 1 aromatic rings. The molecule has 2 rings (SSSR count). The van der Waals surface area contributed by atoms with Gasteiger partial charge in [-0.2, -0.15) is 0 Å². The highest BCUT2D eigenvalue weighted by molar-refractivity contribution is 7.09. The van der Waals surface area contributed by atoms with Gasteiger partial charge in [-0.25, -0.2) is 4.98 Å². The minimum absolute atomic E-state index is 0.582. The van der Waals surface area contributed by atoms with Gasteiger partial charge in [0.2, 0.25) is 0 Å². The highest BCUT2D eigenvalue weighted by Crippen LogP contribution is 2.38. The van der Waals surface area contributed by atoms with E-state index in [1.165, 1.54) is 24.3 Å². The first-order valence-electron chi connectivity index (χ1n) is 4.94. The van der Waals surface area contributed by atoms with E-state index >= 15 is 0 Å². The average molecular weight is 196 g/mol. The molecular formula is C10H16N2S. The molecule has 3 heteroatoms. The van der Waals surface area contributed by atoms with Crippen LogP contribution in [0.3, 0.4) is 0 Å². The Morgan fingerprint density at radius 1 is 1.62 bits per heavy atom. The maximum atomic E-state index is 5.53. The van der Waals surface area contributed by atoms with Crippen LogP contribution in [-0.2, 0) is 6.54 Å². The molecule has 2 nitrogen and oxygen atoms in total. The quantitative estimate of drug-likeness (QED) is 0.789. The van der Waals surface area contributed by atoms with Gasteiger partial charge in [-0.1, -0.05) is 13.3 Å². The summed E-state index contributed by atoms with van der Waals surface area (Å²) in [5, 5.41) is 3.41. The molecule has 0 amide bonds. The molecule has 1 heterocycles. The predicted molar refractivity (Wildman–Crippen MR) is 55.8 cm³/mol. The lowest BCUT2D eigenvalue weighted by Crippen LogP contribution is -1.98. The second-order valence-corrected chi connectivity index (χ2v) is 4.89. The largest absolute Gasteiger partial charge is 0.325 e. The predicted octanol–water partition coefficient (Wildman–Crippen LogP) is 2.51. The highest BCUT2D eigenvalue weighted by atomic mass is 32.1. The smallest absolute Gasteiger partial charge is 0.0959 e. The fraction of sp³-hybridized carbons (Fsp3) is 0.700. The zero-order valence-corrected chi connectivity index (χ0v) is 8.81. The number of nitrogens with zero attached hydrogens (tertiary/aromatic N) is 1. The molecule has 0 saturated heterocycles. The number of rotatable bonds is 2. The Bertz CT molecular complexity index is 282. The Hall–Kier alpha value is -0.410. The minimum Gasteiger partial charge on any atom is -0.325 e. The maximum Gasteiger partial charge on any atom is 0.0959 e. The highest BCUT2D eigenvalue weighted by Gasteiger charge is 2.24. The standard InChI is InChI=1S/C10H16N2S/c1-7-2-3-8(4-7)10-12-9(5-11)6-13-10/h6-8H,2-5,11H2,1H3. The second-order valence-electron chi connectivity index (χ2n) is 4.00. The second kappa shape index (κ2) is 3.76. The van der Waals surface area contributed by atoms with Crippen LogP contribution in [0, 0.1) is 5.92 Å². The van der Waals surface area contributed by atoms with E-state index in [1.54, 1.807) is 11.3 Å². The van der Waals surface area contributed by atoms with Crippen molar-refractivity contribution in [2.24, 2.45) is 11.7 Å². The normalized spacial score (nSPS) is 28.2. The molecule has 1 aliphatic carbocycles. The van der Waals surface area contributed by atoms with Crippen molar-refractivity contribution in [3.8, 4) is 0 Å². The summed E-state index contributed by atoms with van der Waals surface area (Å²) in [6.45, 7) is 2.91. The molecule has 1 aromatic heterocycles. The first kappa shape index (κ1) is 9.16. The summed E-state index contributed by atoms with van der Waals surface area (Å²) in [4.78, 5) is 4.54. The molecule has 0 bridgehead atoms. The fourth-order valence-corrected chi connectivity index (χ4v) is 3.02. The number of nitrogens with two attached hydrogens (primary N) is 1. The summed E-state index contributed by atoms with van der Waals surface area (Å²) >= 11 is 1.78. The Kier molecular flexibility index (Phi) is 2.65. The van der Waals surface area contributed by atoms with Gasteiger partial charge in [0.1, 0.15) is 0 Å². The van der Waals surface area contributed by atoms with Gasteiger partial charge in [0.15, 0.2) is 0 Å². The van der Waals surface area contributed by atoms with Gasteiger partial charge in [0, 0.05) is 17.8 Å². The van der Waals surface area contributed by atoms with Crippen LogP contribution in [0.15, 0.2) is 5.38 Å². The van der Waals surface area contributed by atoms with Gasteiger partial charge in [-0.05, 0) is 18.8 Å². The lowest BCUT2D eigenvalue weighted by atomic mass is 10.1. The van der Waals surface area contributed by atoms with Gasteiger partial charge in [-0.15, -0.1) is 11.3 Å². The molecule has 0 aromatic carbocycles. The molecule has 2 unspecified atom stereocenters. The van der Waals surface area contributed by atoms with Crippen molar-refractivity contribution in [1.82, 2.24) is 4.98 Å². The summed E-state index contributed by atoms with van der Waals surface area (Å²) in [6, 6.07) is 0. The number of hydrogen-bond acceptors (Lipinski definition) is 3. The topological polar surface area (TPSA) is 38.9 Å². The molecule has 0 spiro atoms. The van der Waals surface area contributed by atoms with Crippen molar-refractivity contribution in [2.75, 3.05) is 0 Å². The summed E-state index contributed by atoms with van der Waals surface area (Å²) < 4.78 is 0. The summed E-state index contributed by atoms with van der Waals surface area (Å²) in [5.74, 6) is 1.61. The van der Waals surface area contributed by atoms with Crippen LogP contribution >= 0.6 is 11.3 Å². The van der Waals surface area contributed by atoms with Gasteiger partial charge in [-0.3, -0.25) is 0 Å². The summed E-state index contributed by atoms with van der Waals surface area (Å²) in [7, 11) is 0. The number of aromatic nitrogens is 1. The summed E-state index contributed by atoms with van der Waals surface area (Å²) in [5.41, 5.74) is 6.59. The van der Waals surface area contributed by atoms with Crippen LogP contribution in [-0.4, -0.2) is 4.98 Å². The van der Waals surface area contributed by atoms with Gasteiger partial charge >= 0.3 is 0 Å². The third-order valence-corrected chi connectivity index (χ3v) is 3.88. The molecular weight excluding hydrogens is 180 g/mol. The van der Waals surface area contributed by atoms with Crippen LogP contribution in [0.2, 0.25) is 0 Å².